The average Bonchev–Trinajstić information content (AvgIpc) is 2.67. The molecule has 1 heterocycles. The molecule has 0 amide bonds. The molecule has 1 fully saturated rings. The van der Waals surface area contributed by atoms with Crippen LogP contribution < -0.4 is 4.72 Å². The van der Waals surface area contributed by atoms with Crippen LogP contribution in [0.4, 0.5) is 0 Å². The van der Waals surface area contributed by atoms with Crippen molar-refractivity contribution in [2.24, 2.45) is 16.8 Å². The number of benzene rings is 1. The second-order valence-electron chi connectivity index (χ2n) is 5.91. The van der Waals surface area contributed by atoms with Gasteiger partial charge in [0.05, 0.1) is 10.9 Å². The maximum Gasteiger partial charge on any atom is 0.263 e. The molecule has 2 aliphatic rings. The number of fused-ring (bicyclic) bond motifs is 1. The van der Waals surface area contributed by atoms with Crippen LogP contribution in [0.1, 0.15) is 38.7 Å². The Morgan fingerprint density at radius 2 is 1.95 bits per heavy atom. The van der Waals surface area contributed by atoms with Gasteiger partial charge in [-0.1, -0.05) is 38.8 Å². The van der Waals surface area contributed by atoms with Crippen molar-refractivity contribution in [3.63, 3.8) is 0 Å². The predicted octanol–water partition coefficient (Wildman–Crippen LogP) is 2.55. The molecule has 1 aliphatic carbocycles. The topological polar surface area (TPSA) is 58.5 Å². The SMILES string of the molecule is CC1CCCC(N=C2NS(=O)(=O)c3ccccc32)C1C. The first-order chi connectivity index (χ1) is 9.49. The van der Waals surface area contributed by atoms with E-state index in [0.29, 0.717) is 28.1 Å². The summed E-state index contributed by atoms with van der Waals surface area (Å²) in [5.41, 5.74) is 0.706. The van der Waals surface area contributed by atoms with Crippen molar-refractivity contribution in [3.05, 3.63) is 29.8 Å². The smallest absolute Gasteiger partial charge is 0.263 e. The first-order valence-corrected chi connectivity index (χ1v) is 8.67. The Labute approximate surface area is 120 Å². The minimum Gasteiger partial charge on any atom is -0.264 e. The molecule has 1 aromatic rings. The van der Waals surface area contributed by atoms with Gasteiger partial charge in [-0.2, -0.15) is 0 Å². The lowest BCUT2D eigenvalue weighted by molar-refractivity contribution is 0.241. The summed E-state index contributed by atoms with van der Waals surface area (Å²) in [6.45, 7) is 4.47. The lowest BCUT2D eigenvalue weighted by Crippen LogP contribution is -2.31. The summed E-state index contributed by atoms with van der Waals surface area (Å²) >= 11 is 0. The summed E-state index contributed by atoms with van der Waals surface area (Å²) in [4.78, 5) is 5.07. The van der Waals surface area contributed by atoms with Crippen LogP contribution in [-0.4, -0.2) is 20.3 Å². The number of aliphatic imine (C=N–C) groups is 1. The van der Waals surface area contributed by atoms with Gasteiger partial charge in [0.1, 0.15) is 5.84 Å². The van der Waals surface area contributed by atoms with E-state index in [1.165, 1.54) is 12.8 Å². The number of nitrogens with zero attached hydrogens (tertiary/aromatic N) is 1. The fourth-order valence-corrected chi connectivity index (χ4v) is 4.37. The van der Waals surface area contributed by atoms with E-state index < -0.39 is 10.0 Å². The van der Waals surface area contributed by atoms with Gasteiger partial charge in [-0.3, -0.25) is 9.71 Å². The van der Waals surface area contributed by atoms with E-state index in [0.717, 1.165) is 6.42 Å². The molecule has 3 atom stereocenters. The average molecular weight is 292 g/mol. The summed E-state index contributed by atoms with van der Waals surface area (Å²) in [6.07, 6.45) is 3.45. The molecule has 1 aromatic carbocycles. The number of amidine groups is 1. The Balaban J connectivity index is 1.98. The summed E-state index contributed by atoms with van der Waals surface area (Å²) in [7, 11) is -3.42. The minimum absolute atomic E-state index is 0.211. The molecular weight excluding hydrogens is 272 g/mol. The molecule has 0 aromatic heterocycles. The lowest BCUT2D eigenvalue weighted by atomic mass is 9.78. The second kappa shape index (κ2) is 4.88. The predicted molar refractivity (Wildman–Crippen MR) is 79.3 cm³/mol. The molecule has 0 bridgehead atoms. The molecule has 1 aliphatic heterocycles. The first-order valence-electron chi connectivity index (χ1n) is 7.19. The van der Waals surface area contributed by atoms with E-state index in [1.807, 2.05) is 12.1 Å². The van der Waals surface area contributed by atoms with Crippen LogP contribution in [0.25, 0.3) is 0 Å². The van der Waals surface area contributed by atoms with Crippen molar-refractivity contribution in [3.8, 4) is 0 Å². The molecule has 20 heavy (non-hydrogen) atoms. The van der Waals surface area contributed by atoms with Crippen LogP contribution in [0.5, 0.6) is 0 Å². The molecular formula is C15H20N2O2S. The van der Waals surface area contributed by atoms with Crippen LogP contribution in [0.2, 0.25) is 0 Å². The van der Waals surface area contributed by atoms with Crippen molar-refractivity contribution in [2.45, 2.75) is 44.0 Å². The van der Waals surface area contributed by atoms with Gasteiger partial charge in [-0.15, -0.1) is 0 Å². The fourth-order valence-electron chi connectivity index (χ4n) is 3.13. The summed E-state index contributed by atoms with van der Waals surface area (Å²) in [5.74, 6) is 1.66. The van der Waals surface area contributed by atoms with Gasteiger partial charge in [0.25, 0.3) is 10.0 Å². The van der Waals surface area contributed by atoms with Crippen LogP contribution in [-0.2, 0) is 10.0 Å². The van der Waals surface area contributed by atoms with Gasteiger partial charge in [0, 0.05) is 5.56 Å². The molecule has 5 heteroatoms. The van der Waals surface area contributed by atoms with Crippen LogP contribution in [0.15, 0.2) is 34.2 Å². The molecule has 1 saturated carbocycles. The zero-order chi connectivity index (χ0) is 14.3. The maximum absolute atomic E-state index is 12.1. The van der Waals surface area contributed by atoms with Crippen molar-refractivity contribution < 1.29 is 8.42 Å². The number of sulfonamides is 1. The normalized spacial score (nSPS) is 33.7. The Bertz CT molecular complexity index is 652. The highest BCUT2D eigenvalue weighted by Crippen LogP contribution is 2.32. The van der Waals surface area contributed by atoms with Gasteiger partial charge in [0.15, 0.2) is 0 Å². The lowest BCUT2D eigenvalue weighted by Gasteiger charge is -2.31. The van der Waals surface area contributed by atoms with Crippen molar-refractivity contribution >= 4 is 15.9 Å². The molecule has 0 spiro atoms. The van der Waals surface area contributed by atoms with E-state index in [9.17, 15) is 8.42 Å². The Kier molecular flexibility index (Phi) is 3.32. The zero-order valence-electron chi connectivity index (χ0n) is 11.8. The number of nitrogens with one attached hydrogen (secondary N) is 1. The summed E-state index contributed by atoms with van der Waals surface area (Å²) in [6, 6.07) is 7.26. The highest BCUT2D eigenvalue weighted by molar-refractivity contribution is 7.90. The third kappa shape index (κ3) is 2.24. The first kappa shape index (κ1) is 13.6. The van der Waals surface area contributed by atoms with Crippen LogP contribution in [0.3, 0.4) is 0 Å². The number of rotatable bonds is 1. The van der Waals surface area contributed by atoms with Crippen molar-refractivity contribution in [2.75, 3.05) is 0 Å². The summed E-state index contributed by atoms with van der Waals surface area (Å²) < 4.78 is 26.7. The van der Waals surface area contributed by atoms with E-state index in [1.54, 1.807) is 12.1 Å². The van der Waals surface area contributed by atoms with Gasteiger partial charge in [-0.25, -0.2) is 8.42 Å². The van der Waals surface area contributed by atoms with E-state index in [-0.39, 0.29) is 6.04 Å². The molecule has 4 nitrogen and oxygen atoms in total. The minimum atomic E-state index is -3.42. The Morgan fingerprint density at radius 1 is 1.20 bits per heavy atom. The third-order valence-corrected chi connectivity index (χ3v) is 6.02. The highest BCUT2D eigenvalue weighted by atomic mass is 32.2. The van der Waals surface area contributed by atoms with E-state index >= 15 is 0 Å². The molecule has 3 rings (SSSR count). The quantitative estimate of drug-likeness (QED) is 0.864. The largest absolute Gasteiger partial charge is 0.264 e. The highest BCUT2D eigenvalue weighted by Gasteiger charge is 2.33. The van der Waals surface area contributed by atoms with Gasteiger partial charge < -0.3 is 0 Å². The standard InChI is InChI=1S/C15H20N2O2S/c1-10-6-5-8-13(11(10)2)16-15-12-7-3-4-9-14(12)20(18,19)17-15/h3-4,7,9-11,13H,5-6,8H2,1-2H3,(H,16,17). The maximum atomic E-state index is 12.1. The molecule has 108 valence electrons. The van der Waals surface area contributed by atoms with Crippen molar-refractivity contribution in [1.29, 1.82) is 0 Å². The monoisotopic (exact) mass is 292 g/mol. The van der Waals surface area contributed by atoms with Gasteiger partial charge >= 0.3 is 0 Å². The summed E-state index contributed by atoms with van der Waals surface area (Å²) in [5, 5.41) is 0. The second-order valence-corrected chi connectivity index (χ2v) is 7.56. The molecule has 0 saturated heterocycles. The number of hydrogen-bond donors (Lipinski definition) is 1. The number of hydrogen-bond acceptors (Lipinski definition) is 3. The molecule has 1 N–H and O–H groups in total. The van der Waals surface area contributed by atoms with E-state index in [4.69, 9.17) is 4.99 Å². The third-order valence-electron chi connectivity index (χ3n) is 4.62. The Hall–Kier alpha value is -1.36. The van der Waals surface area contributed by atoms with Gasteiger partial charge in [0.2, 0.25) is 0 Å². The zero-order valence-corrected chi connectivity index (χ0v) is 12.7. The Morgan fingerprint density at radius 3 is 2.75 bits per heavy atom. The van der Waals surface area contributed by atoms with Crippen LogP contribution in [0, 0.1) is 11.8 Å². The van der Waals surface area contributed by atoms with Gasteiger partial charge in [-0.05, 0) is 30.4 Å². The van der Waals surface area contributed by atoms with Crippen molar-refractivity contribution in [1.82, 2.24) is 4.72 Å². The fraction of sp³-hybridized carbons (Fsp3) is 0.533. The molecule has 3 unspecified atom stereocenters. The molecule has 0 radical (unpaired) electrons. The van der Waals surface area contributed by atoms with E-state index in [2.05, 4.69) is 18.6 Å². The van der Waals surface area contributed by atoms with Crippen LogP contribution >= 0.6 is 0 Å².